The number of benzene rings is 2. The van der Waals surface area contributed by atoms with Gasteiger partial charge in [-0.05, 0) is 12.5 Å². The zero-order chi connectivity index (χ0) is 19.3. The maximum Gasteiger partial charge on any atom is 0.269 e. The molecule has 0 saturated carbocycles. The summed E-state index contributed by atoms with van der Waals surface area (Å²) in [6.45, 7) is 1.84. The molecule has 0 aromatic heterocycles. The van der Waals surface area contributed by atoms with Crippen molar-refractivity contribution < 1.29 is 9.72 Å². The predicted octanol–water partition coefficient (Wildman–Crippen LogP) is 3.66. The molecule has 6 nitrogen and oxygen atoms in total. The van der Waals surface area contributed by atoms with E-state index in [1.165, 1.54) is 12.1 Å². The number of Topliss-reactive ketones (excluding diaryl/α,β-unsaturated/α-hetero) is 1. The number of hydrogen-bond donors (Lipinski definition) is 1. The molecule has 2 atom stereocenters. The van der Waals surface area contributed by atoms with Gasteiger partial charge in [-0.3, -0.25) is 19.9 Å². The number of rotatable bonds is 3. The Morgan fingerprint density at radius 2 is 1.78 bits per heavy atom. The molecule has 0 saturated heterocycles. The molecule has 2 aliphatic rings. The van der Waals surface area contributed by atoms with E-state index >= 15 is 0 Å². The molecule has 0 bridgehead atoms. The first-order valence-electron chi connectivity index (χ1n) is 8.37. The molecule has 0 amide bonds. The minimum Gasteiger partial charge on any atom is -0.393 e. The van der Waals surface area contributed by atoms with Gasteiger partial charge < -0.3 is 5.73 Å². The number of ketones is 1. The van der Waals surface area contributed by atoms with Gasteiger partial charge >= 0.3 is 0 Å². The van der Waals surface area contributed by atoms with E-state index in [1.54, 1.807) is 18.2 Å². The van der Waals surface area contributed by atoms with Gasteiger partial charge in [-0.15, -0.1) is 0 Å². The van der Waals surface area contributed by atoms with Crippen LogP contribution in [-0.2, 0) is 0 Å². The maximum atomic E-state index is 13.1. The van der Waals surface area contributed by atoms with E-state index < -0.39 is 16.8 Å². The van der Waals surface area contributed by atoms with Gasteiger partial charge in [0, 0.05) is 40.5 Å². The first-order chi connectivity index (χ1) is 12.9. The van der Waals surface area contributed by atoms with Gasteiger partial charge in [0.05, 0.1) is 21.5 Å². The second kappa shape index (κ2) is 6.21. The number of carbonyl (C=O) groups is 1. The van der Waals surface area contributed by atoms with E-state index in [0.717, 1.165) is 16.8 Å². The summed E-state index contributed by atoms with van der Waals surface area (Å²) < 4.78 is 0. The van der Waals surface area contributed by atoms with Crippen LogP contribution < -0.4 is 5.73 Å². The van der Waals surface area contributed by atoms with Crippen molar-refractivity contribution in [1.29, 1.82) is 0 Å². The number of nitro benzene ring substituents is 1. The van der Waals surface area contributed by atoms with Crippen LogP contribution >= 0.6 is 12.2 Å². The third kappa shape index (κ3) is 2.59. The van der Waals surface area contributed by atoms with E-state index in [0.29, 0.717) is 16.8 Å². The van der Waals surface area contributed by atoms with Gasteiger partial charge in [0.15, 0.2) is 5.78 Å². The summed E-state index contributed by atoms with van der Waals surface area (Å²) in [5.41, 5.74) is 10.1. The number of thiocarbonyl (C=S) groups is 1. The third-order valence-electron chi connectivity index (χ3n) is 5.08. The number of carbonyl (C=O) groups excluding carboxylic acids is 1. The number of aliphatic imine (C=N–C) groups is 1. The number of nitrogens with two attached hydrogens (primary N) is 1. The molecule has 1 heterocycles. The van der Waals surface area contributed by atoms with Crippen LogP contribution in [0.5, 0.6) is 0 Å². The largest absolute Gasteiger partial charge is 0.393 e. The van der Waals surface area contributed by atoms with Crippen molar-refractivity contribution in [3.63, 3.8) is 0 Å². The molecule has 1 aliphatic carbocycles. The van der Waals surface area contributed by atoms with Crippen molar-refractivity contribution in [3.05, 3.63) is 80.9 Å². The standard InChI is InChI=1S/C20H15N3O3S/c1-10-15(20(21)27)16(11-6-8-12(9-7-11)23(25)26)17-18(22-10)13-4-2-3-5-14(13)19(17)24/h2-9,15-16H,1H3,(H2,21,27)/t15?,16-/m1/s1. The molecule has 0 fully saturated rings. The summed E-state index contributed by atoms with van der Waals surface area (Å²) in [5.74, 6) is -0.935. The second-order valence-corrected chi connectivity index (χ2v) is 7.07. The van der Waals surface area contributed by atoms with Crippen LogP contribution in [0.3, 0.4) is 0 Å². The monoisotopic (exact) mass is 377 g/mol. The van der Waals surface area contributed by atoms with E-state index in [2.05, 4.69) is 4.99 Å². The number of allylic oxidation sites excluding steroid dienone is 1. The highest BCUT2D eigenvalue weighted by Crippen LogP contribution is 2.47. The van der Waals surface area contributed by atoms with Gasteiger partial charge in [-0.2, -0.15) is 0 Å². The molecule has 4 rings (SSSR count). The maximum absolute atomic E-state index is 13.1. The van der Waals surface area contributed by atoms with Crippen LogP contribution in [0.1, 0.15) is 34.3 Å². The number of nitro groups is 1. The molecule has 1 unspecified atom stereocenters. The number of hydrogen-bond acceptors (Lipinski definition) is 5. The van der Waals surface area contributed by atoms with E-state index in [-0.39, 0.29) is 16.5 Å². The van der Waals surface area contributed by atoms with Crippen molar-refractivity contribution in [1.82, 2.24) is 0 Å². The normalized spacial score (nSPS) is 20.8. The fraction of sp³-hybridized carbons (Fsp3) is 0.150. The molecular formula is C20H15N3O3S. The molecule has 1 aliphatic heterocycles. The Hall–Kier alpha value is -3.19. The second-order valence-electron chi connectivity index (χ2n) is 6.60. The lowest BCUT2D eigenvalue weighted by atomic mass is 9.75. The van der Waals surface area contributed by atoms with Crippen molar-refractivity contribution in [2.45, 2.75) is 12.8 Å². The van der Waals surface area contributed by atoms with Gasteiger partial charge in [0.2, 0.25) is 0 Å². The van der Waals surface area contributed by atoms with Crippen LogP contribution in [0.25, 0.3) is 5.70 Å². The first-order valence-corrected chi connectivity index (χ1v) is 8.78. The van der Waals surface area contributed by atoms with Crippen LogP contribution in [0.2, 0.25) is 0 Å². The Labute approximate surface area is 160 Å². The topological polar surface area (TPSA) is 98.6 Å². The Morgan fingerprint density at radius 3 is 2.37 bits per heavy atom. The van der Waals surface area contributed by atoms with Gasteiger partial charge in [0.25, 0.3) is 5.69 Å². The highest BCUT2D eigenvalue weighted by molar-refractivity contribution is 7.80. The number of fused-ring (bicyclic) bond motifs is 2. The average Bonchev–Trinajstić information content (AvgIpc) is 2.93. The fourth-order valence-corrected chi connectivity index (χ4v) is 4.19. The van der Waals surface area contributed by atoms with Gasteiger partial charge in [-0.25, -0.2) is 0 Å². The SMILES string of the molecule is CC1=NC2=C(C(=O)c3ccccc32)[C@H](c2ccc([N+](=O)[O-])cc2)C1C(N)=S. The smallest absolute Gasteiger partial charge is 0.269 e. The quantitative estimate of drug-likeness (QED) is 0.500. The minimum absolute atomic E-state index is 0.0120. The number of nitrogens with zero attached hydrogens (tertiary/aromatic N) is 2. The third-order valence-corrected chi connectivity index (χ3v) is 5.33. The summed E-state index contributed by atoms with van der Waals surface area (Å²) in [4.78, 5) is 28.6. The van der Waals surface area contributed by atoms with Gasteiger partial charge in [0.1, 0.15) is 0 Å². The van der Waals surface area contributed by atoms with Crippen LogP contribution in [0.4, 0.5) is 5.69 Å². The van der Waals surface area contributed by atoms with Crippen molar-refractivity contribution >= 4 is 40.1 Å². The Morgan fingerprint density at radius 1 is 1.15 bits per heavy atom. The lowest BCUT2D eigenvalue weighted by Crippen LogP contribution is -2.36. The highest BCUT2D eigenvalue weighted by Gasteiger charge is 2.43. The van der Waals surface area contributed by atoms with Crippen molar-refractivity contribution in [2.24, 2.45) is 16.6 Å². The van der Waals surface area contributed by atoms with Crippen LogP contribution in [0, 0.1) is 16.0 Å². The summed E-state index contributed by atoms with van der Waals surface area (Å²) in [6, 6.07) is 13.5. The molecule has 2 aromatic rings. The molecule has 134 valence electrons. The Balaban J connectivity index is 1.92. The summed E-state index contributed by atoms with van der Waals surface area (Å²) in [5, 5.41) is 11.0. The molecular weight excluding hydrogens is 362 g/mol. The van der Waals surface area contributed by atoms with Gasteiger partial charge in [-0.1, -0.05) is 48.6 Å². The van der Waals surface area contributed by atoms with Crippen molar-refractivity contribution in [2.75, 3.05) is 0 Å². The molecule has 2 N–H and O–H groups in total. The zero-order valence-corrected chi connectivity index (χ0v) is 15.2. The molecule has 2 aromatic carbocycles. The Kier molecular flexibility index (Phi) is 3.96. The molecule has 27 heavy (non-hydrogen) atoms. The van der Waals surface area contributed by atoms with Crippen LogP contribution in [-0.4, -0.2) is 21.4 Å². The van der Waals surface area contributed by atoms with Crippen LogP contribution in [0.15, 0.2) is 59.1 Å². The summed E-state index contributed by atoms with van der Waals surface area (Å²) in [7, 11) is 0. The fourth-order valence-electron chi connectivity index (χ4n) is 3.88. The molecule has 7 heteroatoms. The highest BCUT2D eigenvalue weighted by atomic mass is 32.1. The predicted molar refractivity (Wildman–Crippen MR) is 107 cm³/mol. The molecule has 0 spiro atoms. The lowest BCUT2D eigenvalue weighted by molar-refractivity contribution is -0.384. The summed E-state index contributed by atoms with van der Waals surface area (Å²) in [6.07, 6.45) is 0. The zero-order valence-electron chi connectivity index (χ0n) is 14.4. The first kappa shape index (κ1) is 17.2. The minimum atomic E-state index is -0.455. The molecule has 0 radical (unpaired) electrons. The summed E-state index contributed by atoms with van der Waals surface area (Å²) >= 11 is 5.28. The number of non-ortho nitro benzene ring substituents is 1. The average molecular weight is 377 g/mol. The lowest BCUT2D eigenvalue weighted by Gasteiger charge is -2.31. The van der Waals surface area contributed by atoms with E-state index in [9.17, 15) is 14.9 Å². The van der Waals surface area contributed by atoms with E-state index in [4.69, 9.17) is 18.0 Å². The van der Waals surface area contributed by atoms with Crippen molar-refractivity contribution in [3.8, 4) is 0 Å². The Bertz CT molecular complexity index is 1070. The van der Waals surface area contributed by atoms with E-state index in [1.807, 2.05) is 25.1 Å².